The molecule has 0 aliphatic carbocycles. The Bertz CT molecular complexity index is 229. The van der Waals surface area contributed by atoms with Gasteiger partial charge in [0.05, 0.1) is 5.25 Å². The molecule has 0 aromatic rings. The van der Waals surface area contributed by atoms with E-state index in [0.29, 0.717) is 11.9 Å². The maximum absolute atomic E-state index is 12.2. The van der Waals surface area contributed by atoms with E-state index >= 15 is 0 Å². The average Bonchev–Trinajstić information content (AvgIpc) is 2.30. The molecule has 86 valence electrons. The first-order valence-corrected chi connectivity index (χ1v) is 6.96. The minimum atomic E-state index is 0.249. The van der Waals surface area contributed by atoms with Crippen molar-refractivity contribution in [3.63, 3.8) is 0 Å². The van der Waals surface area contributed by atoms with Crippen LogP contribution in [0.5, 0.6) is 0 Å². The molecule has 2 saturated heterocycles. The molecule has 2 heterocycles. The van der Waals surface area contributed by atoms with Gasteiger partial charge in [0.2, 0.25) is 5.91 Å². The van der Waals surface area contributed by atoms with E-state index in [0.717, 1.165) is 31.8 Å². The summed E-state index contributed by atoms with van der Waals surface area (Å²) in [6, 6.07) is 0.369. The van der Waals surface area contributed by atoms with E-state index in [4.69, 9.17) is 0 Å². The van der Waals surface area contributed by atoms with E-state index < -0.39 is 0 Å². The summed E-state index contributed by atoms with van der Waals surface area (Å²) in [6.07, 6.45) is 3.59. The lowest BCUT2D eigenvalue weighted by Gasteiger charge is -2.37. The maximum Gasteiger partial charge on any atom is 0.236 e. The number of hydrogen-bond acceptors (Lipinski definition) is 3. The number of amides is 1. The van der Waals surface area contributed by atoms with Crippen LogP contribution in [0.4, 0.5) is 0 Å². The summed E-state index contributed by atoms with van der Waals surface area (Å²) in [5.74, 6) is 1.55. The fourth-order valence-corrected chi connectivity index (χ4v) is 3.56. The zero-order chi connectivity index (χ0) is 10.7. The molecule has 2 aliphatic heterocycles. The Kier molecular flexibility index (Phi) is 3.92. The van der Waals surface area contributed by atoms with Crippen molar-refractivity contribution in [1.82, 2.24) is 10.2 Å². The number of thioether (sulfide) groups is 1. The highest BCUT2D eigenvalue weighted by Gasteiger charge is 2.30. The molecule has 0 saturated carbocycles. The number of carbonyl (C=O) groups is 1. The van der Waals surface area contributed by atoms with E-state index in [1.54, 1.807) is 0 Å². The number of piperazine rings is 1. The summed E-state index contributed by atoms with van der Waals surface area (Å²) in [7, 11) is 0. The zero-order valence-electron chi connectivity index (χ0n) is 9.37. The third-order valence-electron chi connectivity index (χ3n) is 3.24. The van der Waals surface area contributed by atoms with Crippen LogP contribution in [0.25, 0.3) is 0 Å². The number of nitrogens with zero attached hydrogens (tertiary/aromatic N) is 1. The van der Waals surface area contributed by atoms with Gasteiger partial charge in [0.15, 0.2) is 0 Å². The van der Waals surface area contributed by atoms with Crippen molar-refractivity contribution in [2.45, 2.75) is 37.5 Å². The molecular weight excluding hydrogens is 208 g/mol. The van der Waals surface area contributed by atoms with Gasteiger partial charge in [-0.2, -0.15) is 0 Å². The van der Waals surface area contributed by atoms with E-state index in [2.05, 4.69) is 17.1 Å². The first-order valence-electron chi connectivity index (χ1n) is 5.92. The molecule has 0 bridgehead atoms. The van der Waals surface area contributed by atoms with Crippen LogP contribution in [0.1, 0.15) is 26.2 Å². The second-order valence-corrected chi connectivity index (χ2v) is 5.75. The fourth-order valence-electron chi connectivity index (χ4n) is 2.29. The van der Waals surface area contributed by atoms with Gasteiger partial charge in [-0.05, 0) is 25.5 Å². The van der Waals surface area contributed by atoms with Gasteiger partial charge in [-0.25, -0.2) is 0 Å². The summed E-state index contributed by atoms with van der Waals surface area (Å²) in [4.78, 5) is 14.3. The second kappa shape index (κ2) is 5.21. The SMILES string of the molecule is C[C@H]1CNCCN1C(=O)C1CCCCS1. The number of carbonyl (C=O) groups excluding carboxylic acids is 1. The van der Waals surface area contributed by atoms with Crippen LogP contribution in [0, 0.1) is 0 Å². The normalized spacial score (nSPS) is 32.7. The number of nitrogens with one attached hydrogen (secondary N) is 1. The van der Waals surface area contributed by atoms with E-state index in [1.807, 2.05) is 11.8 Å². The Morgan fingerprint density at radius 2 is 2.33 bits per heavy atom. The lowest BCUT2D eigenvalue weighted by molar-refractivity contribution is -0.133. The fraction of sp³-hybridized carbons (Fsp3) is 0.909. The molecule has 1 unspecified atom stereocenters. The lowest BCUT2D eigenvalue weighted by Crippen LogP contribution is -2.54. The quantitative estimate of drug-likeness (QED) is 0.729. The van der Waals surface area contributed by atoms with E-state index in [-0.39, 0.29) is 5.25 Å². The first kappa shape index (κ1) is 11.3. The largest absolute Gasteiger partial charge is 0.336 e. The Labute approximate surface area is 96.0 Å². The van der Waals surface area contributed by atoms with Gasteiger partial charge in [0, 0.05) is 25.7 Å². The highest BCUT2D eigenvalue weighted by molar-refractivity contribution is 8.00. The van der Waals surface area contributed by atoms with Crippen LogP contribution in [0.15, 0.2) is 0 Å². The summed E-state index contributed by atoms with van der Waals surface area (Å²) in [5.41, 5.74) is 0. The number of hydrogen-bond donors (Lipinski definition) is 1. The molecular formula is C11H20N2OS. The van der Waals surface area contributed by atoms with Crippen molar-refractivity contribution in [3.05, 3.63) is 0 Å². The molecule has 0 aromatic carbocycles. The van der Waals surface area contributed by atoms with Crippen molar-refractivity contribution in [3.8, 4) is 0 Å². The molecule has 1 amide bonds. The van der Waals surface area contributed by atoms with Crippen LogP contribution < -0.4 is 5.32 Å². The van der Waals surface area contributed by atoms with Gasteiger partial charge in [-0.1, -0.05) is 6.42 Å². The molecule has 15 heavy (non-hydrogen) atoms. The second-order valence-electron chi connectivity index (χ2n) is 4.44. The van der Waals surface area contributed by atoms with Crippen LogP contribution in [-0.4, -0.2) is 47.5 Å². The molecule has 1 N–H and O–H groups in total. The highest BCUT2D eigenvalue weighted by atomic mass is 32.2. The summed E-state index contributed by atoms with van der Waals surface area (Å²) in [5, 5.41) is 3.57. The monoisotopic (exact) mass is 228 g/mol. The molecule has 0 spiro atoms. The zero-order valence-corrected chi connectivity index (χ0v) is 10.2. The Morgan fingerprint density at radius 3 is 3.00 bits per heavy atom. The predicted molar refractivity (Wildman–Crippen MR) is 64.1 cm³/mol. The van der Waals surface area contributed by atoms with Crippen molar-refractivity contribution < 1.29 is 4.79 Å². The van der Waals surface area contributed by atoms with E-state index in [1.165, 1.54) is 12.8 Å². The van der Waals surface area contributed by atoms with Gasteiger partial charge in [-0.15, -0.1) is 11.8 Å². The summed E-state index contributed by atoms with van der Waals surface area (Å²) >= 11 is 1.86. The topological polar surface area (TPSA) is 32.3 Å². The van der Waals surface area contributed by atoms with Crippen molar-refractivity contribution >= 4 is 17.7 Å². The third kappa shape index (κ3) is 2.67. The number of rotatable bonds is 1. The molecule has 3 nitrogen and oxygen atoms in total. The van der Waals surface area contributed by atoms with Crippen molar-refractivity contribution in [1.29, 1.82) is 0 Å². The average molecular weight is 228 g/mol. The highest BCUT2D eigenvalue weighted by Crippen LogP contribution is 2.27. The Morgan fingerprint density at radius 1 is 1.47 bits per heavy atom. The van der Waals surface area contributed by atoms with Crippen LogP contribution >= 0.6 is 11.8 Å². The lowest BCUT2D eigenvalue weighted by atomic mass is 10.1. The van der Waals surface area contributed by atoms with Crippen LogP contribution in [0.2, 0.25) is 0 Å². The van der Waals surface area contributed by atoms with Gasteiger partial charge in [0.25, 0.3) is 0 Å². The van der Waals surface area contributed by atoms with Crippen molar-refractivity contribution in [2.24, 2.45) is 0 Å². The summed E-state index contributed by atoms with van der Waals surface area (Å²) in [6.45, 7) is 4.92. The minimum absolute atomic E-state index is 0.249. The molecule has 2 aliphatic rings. The predicted octanol–water partition coefficient (Wildman–Crippen LogP) is 1.09. The van der Waals surface area contributed by atoms with Gasteiger partial charge in [0.1, 0.15) is 0 Å². The van der Waals surface area contributed by atoms with Gasteiger partial charge >= 0.3 is 0 Å². The molecule has 2 rings (SSSR count). The van der Waals surface area contributed by atoms with E-state index in [9.17, 15) is 4.79 Å². The first-order chi connectivity index (χ1) is 7.29. The summed E-state index contributed by atoms with van der Waals surface area (Å²) < 4.78 is 0. The van der Waals surface area contributed by atoms with Crippen LogP contribution in [0.3, 0.4) is 0 Å². The standard InChI is InChI=1S/C11H20N2OS/c1-9-8-12-5-6-13(9)11(14)10-4-2-3-7-15-10/h9-10,12H,2-8H2,1H3/t9-,10?/m0/s1. The maximum atomic E-state index is 12.2. The van der Waals surface area contributed by atoms with Crippen LogP contribution in [-0.2, 0) is 4.79 Å². The van der Waals surface area contributed by atoms with Gasteiger partial charge in [-0.3, -0.25) is 4.79 Å². The molecule has 0 aromatic heterocycles. The third-order valence-corrected chi connectivity index (χ3v) is 4.60. The Balaban J connectivity index is 1.92. The molecule has 2 atom stereocenters. The molecule has 0 radical (unpaired) electrons. The minimum Gasteiger partial charge on any atom is -0.336 e. The molecule has 4 heteroatoms. The smallest absolute Gasteiger partial charge is 0.236 e. The van der Waals surface area contributed by atoms with Crippen molar-refractivity contribution in [2.75, 3.05) is 25.4 Å². The Hall–Kier alpha value is -0.220. The van der Waals surface area contributed by atoms with Gasteiger partial charge < -0.3 is 10.2 Å². The molecule has 2 fully saturated rings.